The maximum atomic E-state index is 13.0. The van der Waals surface area contributed by atoms with Crippen LogP contribution in [0.2, 0.25) is 0 Å². The molecule has 0 saturated carbocycles. The molecule has 0 aromatic carbocycles. The van der Waals surface area contributed by atoms with E-state index in [2.05, 4.69) is 31.3 Å². The van der Waals surface area contributed by atoms with Gasteiger partial charge in [0.15, 0.2) is 6.29 Å². The Morgan fingerprint density at radius 1 is 0.630 bits per heavy atom. The van der Waals surface area contributed by atoms with Gasteiger partial charge in [0, 0.05) is 0 Å². The van der Waals surface area contributed by atoms with E-state index in [0.29, 0.717) is 12.8 Å². The zero-order valence-corrected chi connectivity index (χ0v) is 34.2. The Balaban J connectivity index is 2.50. The Morgan fingerprint density at radius 3 is 1.57 bits per heavy atom. The summed E-state index contributed by atoms with van der Waals surface area (Å²) in [5.41, 5.74) is 0. The zero-order valence-electron chi connectivity index (χ0n) is 34.2. The molecule has 0 bridgehead atoms. The molecule has 1 aliphatic rings. The first-order valence-electron chi connectivity index (χ1n) is 22.1. The van der Waals surface area contributed by atoms with Crippen molar-refractivity contribution in [1.82, 2.24) is 5.32 Å². The Bertz CT molecular complexity index is 892. The number of hydrogen-bond donors (Lipinski definition) is 8. The van der Waals surface area contributed by atoms with Gasteiger partial charge in [-0.3, -0.25) is 4.79 Å². The minimum absolute atomic E-state index is 0.258. The van der Waals surface area contributed by atoms with Gasteiger partial charge in [-0.15, -0.1) is 0 Å². The number of allylic oxidation sites excluding steroid dienone is 2. The minimum atomic E-state index is -1.66. The number of amides is 1. The van der Waals surface area contributed by atoms with Crippen LogP contribution in [-0.4, -0.2) is 110 Å². The molecule has 1 fully saturated rings. The lowest BCUT2D eigenvalue weighted by atomic mass is 9.98. The fraction of sp³-hybridized carbons (Fsp3) is 0.930. The van der Waals surface area contributed by atoms with Crippen molar-refractivity contribution in [1.29, 1.82) is 0 Å². The first-order valence-corrected chi connectivity index (χ1v) is 22.1. The molecule has 1 amide bonds. The van der Waals surface area contributed by atoms with Crippen molar-refractivity contribution in [2.75, 3.05) is 13.2 Å². The fourth-order valence-electron chi connectivity index (χ4n) is 7.08. The highest BCUT2D eigenvalue weighted by Crippen LogP contribution is 2.23. The van der Waals surface area contributed by atoms with E-state index < -0.39 is 74.2 Å². The van der Waals surface area contributed by atoms with Crippen LogP contribution in [0.3, 0.4) is 0 Å². The van der Waals surface area contributed by atoms with E-state index in [1.165, 1.54) is 109 Å². The normalized spacial score (nSPS) is 22.7. The summed E-state index contributed by atoms with van der Waals surface area (Å²) < 4.78 is 11.1. The highest BCUT2D eigenvalue weighted by molar-refractivity contribution is 5.80. The Kier molecular flexibility index (Phi) is 32.0. The Hall–Kier alpha value is -1.15. The number of hydrogen-bond acceptors (Lipinski definition) is 10. The maximum absolute atomic E-state index is 13.0. The van der Waals surface area contributed by atoms with Gasteiger partial charge in [0.1, 0.15) is 36.6 Å². The van der Waals surface area contributed by atoms with Crippen LogP contribution in [0.25, 0.3) is 0 Å². The van der Waals surface area contributed by atoms with Gasteiger partial charge in [0.05, 0.1) is 25.4 Å². The molecule has 0 spiro atoms. The van der Waals surface area contributed by atoms with Crippen molar-refractivity contribution >= 4 is 5.91 Å². The molecule has 1 saturated heterocycles. The summed E-state index contributed by atoms with van der Waals surface area (Å²) >= 11 is 0. The predicted molar refractivity (Wildman–Crippen MR) is 215 cm³/mol. The Morgan fingerprint density at radius 2 is 1.07 bits per heavy atom. The van der Waals surface area contributed by atoms with Crippen LogP contribution < -0.4 is 5.32 Å². The van der Waals surface area contributed by atoms with E-state index in [9.17, 15) is 40.5 Å². The van der Waals surface area contributed by atoms with Crippen molar-refractivity contribution < 1.29 is 50.0 Å². The molecular formula is C43H83NO10. The third kappa shape index (κ3) is 23.8. The molecule has 11 nitrogen and oxygen atoms in total. The lowest BCUT2D eigenvalue weighted by molar-refractivity contribution is -0.303. The second kappa shape index (κ2) is 33.9. The molecular weight excluding hydrogens is 690 g/mol. The second-order valence-corrected chi connectivity index (χ2v) is 15.8. The van der Waals surface area contributed by atoms with Crippen molar-refractivity contribution in [3.8, 4) is 0 Å². The molecule has 0 aromatic rings. The highest BCUT2D eigenvalue weighted by Gasteiger charge is 2.44. The van der Waals surface area contributed by atoms with Crippen molar-refractivity contribution in [3.63, 3.8) is 0 Å². The average molecular weight is 774 g/mol. The number of rotatable bonds is 36. The molecule has 11 heteroatoms. The number of nitrogens with one attached hydrogen (secondary N) is 1. The van der Waals surface area contributed by atoms with Gasteiger partial charge in [-0.25, -0.2) is 0 Å². The molecule has 320 valence electrons. The number of carbonyl (C=O) groups excluding carboxylic acids is 1. The number of carbonyl (C=O) groups is 1. The van der Waals surface area contributed by atoms with Gasteiger partial charge < -0.3 is 50.5 Å². The SMILES string of the molecule is CCCCCCCCCCCC/C=C\CCCC[C@@H](O)[C@@H](O)[C@H](CO[C@@H]1O[C@H](CO)[C@@H](O)[C@H](O)[C@H]1O)NC(=O)[C@H](O)CCCCCCCCCCCCC. The molecule has 9 atom stereocenters. The smallest absolute Gasteiger partial charge is 0.249 e. The van der Waals surface area contributed by atoms with Crippen LogP contribution in [0.1, 0.15) is 187 Å². The van der Waals surface area contributed by atoms with Crippen molar-refractivity contribution in [3.05, 3.63) is 12.2 Å². The molecule has 0 unspecified atom stereocenters. The van der Waals surface area contributed by atoms with Gasteiger partial charge in [-0.1, -0.05) is 161 Å². The van der Waals surface area contributed by atoms with E-state index in [1.807, 2.05) is 0 Å². The third-order valence-corrected chi connectivity index (χ3v) is 10.8. The van der Waals surface area contributed by atoms with Crippen LogP contribution in [0, 0.1) is 0 Å². The second-order valence-electron chi connectivity index (χ2n) is 15.8. The quantitative estimate of drug-likeness (QED) is 0.0258. The highest BCUT2D eigenvalue weighted by atomic mass is 16.7. The van der Waals surface area contributed by atoms with Crippen molar-refractivity contribution in [2.24, 2.45) is 0 Å². The number of aliphatic hydroxyl groups excluding tert-OH is 7. The molecule has 1 heterocycles. The van der Waals surface area contributed by atoms with Gasteiger partial charge in [-0.05, 0) is 38.5 Å². The van der Waals surface area contributed by atoms with Gasteiger partial charge in [-0.2, -0.15) is 0 Å². The maximum Gasteiger partial charge on any atom is 0.249 e. The van der Waals surface area contributed by atoms with E-state index in [4.69, 9.17) is 9.47 Å². The standard InChI is InChI=1S/C43H83NO10/c1-3-5-7-9-11-13-15-16-17-18-19-21-22-24-26-28-30-35(46)38(48)34(33-53-43-41(51)40(50)39(49)37(32-45)54-43)44-42(52)36(47)31-29-27-25-23-20-14-12-10-8-6-4-2/h21-22,34-41,43,45-51H,3-20,23-33H2,1-2H3,(H,44,52)/b22-21-/t34-,35+,36+,37+,38-,39+,40-,41+,43+/m0/s1. The summed E-state index contributed by atoms with van der Waals surface area (Å²) in [6.07, 6.45) is 22.6. The van der Waals surface area contributed by atoms with Crippen LogP contribution in [0.15, 0.2) is 12.2 Å². The summed E-state index contributed by atoms with van der Waals surface area (Å²) in [5.74, 6) is -0.705. The van der Waals surface area contributed by atoms with Crippen LogP contribution in [-0.2, 0) is 14.3 Å². The number of unbranched alkanes of at least 4 members (excludes halogenated alkanes) is 22. The third-order valence-electron chi connectivity index (χ3n) is 10.8. The summed E-state index contributed by atoms with van der Waals surface area (Å²) in [6, 6.07) is -1.17. The van der Waals surface area contributed by atoms with Gasteiger partial charge in [0.2, 0.25) is 5.91 Å². The van der Waals surface area contributed by atoms with E-state index >= 15 is 0 Å². The average Bonchev–Trinajstić information content (AvgIpc) is 3.17. The monoisotopic (exact) mass is 774 g/mol. The molecule has 0 aromatic heterocycles. The van der Waals surface area contributed by atoms with Crippen LogP contribution in [0.5, 0.6) is 0 Å². The van der Waals surface area contributed by atoms with E-state index in [-0.39, 0.29) is 12.8 Å². The molecule has 1 aliphatic heterocycles. The van der Waals surface area contributed by atoms with E-state index in [0.717, 1.165) is 38.5 Å². The predicted octanol–water partition coefficient (Wildman–Crippen LogP) is 6.50. The minimum Gasteiger partial charge on any atom is -0.394 e. The lowest BCUT2D eigenvalue weighted by Crippen LogP contribution is -2.60. The summed E-state index contributed by atoms with van der Waals surface area (Å²) in [7, 11) is 0. The molecule has 0 radical (unpaired) electrons. The molecule has 54 heavy (non-hydrogen) atoms. The Labute approximate surface area is 328 Å². The topological polar surface area (TPSA) is 189 Å². The number of aliphatic hydroxyl groups is 7. The largest absolute Gasteiger partial charge is 0.394 e. The first kappa shape index (κ1) is 50.9. The van der Waals surface area contributed by atoms with Crippen LogP contribution in [0.4, 0.5) is 0 Å². The zero-order chi connectivity index (χ0) is 39.8. The summed E-state index contributed by atoms with van der Waals surface area (Å²) in [4.78, 5) is 13.0. The van der Waals surface area contributed by atoms with Gasteiger partial charge >= 0.3 is 0 Å². The van der Waals surface area contributed by atoms with Gasteiger partial charge in [0.25, 0.3) is 0 Å². The lowest BCUT2D eigenvalue weighted by Gasteiger charge is -2.40. The van der Waals surface area contributed by atoms with Crippen LogP contribution >= 0.6 is 0 Å². The van der Waals surface area contributed by atoms with Crippen molar-refractivity contribution in [2.45, 2.75) is 242 Å². The summed E-state index contributed by atoms with van der Waals surface area (Å²) in [6.45, 7) is 3.40. The molecule has 0 aliphatic carbocycles. The first-order chi connectivity index (χ1) is 26.2. The molecule has 8 N–H and O–H groups in total. The van der Waals surface area contributed by atoms with E-state index in [1.54, 1.807) is 0 Å². The number of ether oxygens (including phenoxy) is 2. The molecule has 1 rings (SSSR count). The summed E-state index contributed by atoms with van der Waals surface area (Å²) in [5, 5.41) is 75.4. The fourth-order valence-corrected chi connectivity index (χ4v) is 7.08.